The van der Waals surface area contributed by atoms with E-state index in [2.05, 4.69) is 20.5 Å². The number of hydrogen-bond donors (Lipinski definition) is 1. The number of carbonyl (C=O) groups is 1. The van der Waals surface area contributed by atoms with Crippen LogP contribution in [0.15, 0.2) is 84.3 Å². The van der Waals surface area contributed by atoms with Crippen LogP contribution < -0.4 is 10.1 Å². The average Bonchev–Trinajstić information content (AvgIpc) is 3.29. The lowest BCUT2D eigenvalue weighted by Gasteiger charge is -2.18. The average molecular weight is 474 g/mol. The van der Waals surface area contributed by atoms with Crippen molar-refractivity contribution in [3.8, 4) is 22.8 Å². The molecule has 0 aliphatic carbocycles. The summed E-state index contributed by atoms with van der Waals surface area (Å²) in [6.45, 7) is 6.41. The first-order valence-electron chi connectivity index (χ1n) is 11.2. The number of aromatic nitrogens is 4. The SMILES string of the molecule is CCOc1ccc(-n2c(SC(C)C(=O)NC(C)c3ccccc3)nnc2-c2cccnc2)cc1. The predicted octanol–water partition coefficient (Wildman–Crippen LogP) is 5.09. The van der Waals surface area contributed by atoms with Gasteiger partial charge in [-0.05, 0) is 62.7 Å². The second-order valence-corrected chi connectivity index (χ2v) is 9.02. The van der Waals surface area contributed by atoms with Gasteiger partial charge in [-0.15, -0.1) is 10.2 Å². The third-order valence-electron chi connectivity index (χ3n) is 5.27. The van der Waals surface area contributed by atoms with Crippen LogP contribution in [0, 0.1) is 0 Å². The second kappa shape index (κ2) is 11.0. The van der Waals surface area contributed by atoms with Crippen molar-refractivity contribution in [2.45, 2.75) is 37.2 Å². The Bertz CT molecular complexity index is 1210. The summed E-state index contributed by atoms with van der Waals surface area (Å²) in [7, 11) is 0. The lowest BCUT2D eigenvalue weighted by atomic mass is 10.1. The first-order chi connectivity index (χ1) is 16.6. The maximum atomic E-state index is 13.0. The van der Waals surface area contributed by atoms with Crippen molar-refractivity contribution in [3.63, 3.8) is 0 Å². The lowest BCUT2D eigenvalue weighted by molar-refractivity contribution is -0.120. The van der Waals surface area contributed by atoms with Crippen LogP contribution in [0.5, 0.6) is 5.75 Å². The Morgan fingerprint density at radius 3 is 2.47 bits per heavy atom. The molecule has 2 heterocycles. The van der Waals surface area contributed by atoms with Crippen LogP contribution in [0.3, 0.4) is 0 Å². The smallest absolute Gasteiger partial charge is 0.233 e. The number of pyridine rings is 1. The summed E-state index contributed by atoms with van der Waals surface area (Å²) < 4.78 is 7.53. The van der Waals surface area contributed by atoms with E-state index in [4.69, 9.17) is 4.74 Å². The molecule has 0 radical (unpaired) electrons. The summed E-state index contributed by atoms with van der Waals surface area (Å²) in [5.74, 6) is 1.38. The first-order valence-corrected chi connectivity index (χ1v) is 12.1. The highest BCUT2D eigenvalue weighted by Crippen LogP contribution is 2.31. The molecule has 1 amide bonds. The molecule has 2 aromatic carbocycles. The highest BCUT2D eigenvalue weighted by molar-refractivity contribution is 8.00. The third-order valence-corrected chi connectivity index (χ3v) is 6.31. The molecule has 1 N–H and O–H groups in total. The molecule has 0 bridgehead atoms. The molecule has 4 rings (SSSR count). The summed E-state index contributed by atoms with van der Waals surface area (Å²) in [4.78, 5) is 17.2. The van der Waals surface area contributed by atoms with Gasteiger partial charge in [0.15, 0.2) is 11.0 Å². The van der Waals surface area contributed by atoms with E-state index in [1.165, 1.54) is 11.8 Å². The van der Waals surface area contributed by atoms with Crippen LogP contribution in [-0.2, 0) is 4.79 Å². The number of nitrogens with zero attached hydrogens (tertiary/aromatic N) is 4. The van der Waals surface area contributed by atoms with Crippen LogP contribution >= 0.6 is 11.8 Å². The summed E-state index contributed by atoms with van der Waals surface area (Å²) in [5.41, 5.74) is 2.77. The van der Waals surface area contributed by atoms with Crippen LogP contribution in [0.25, 0.3) is 17.1 Å². The molecule has 2 aromatic heterocycles. The lowest BCUT2D eigenvalue weighted by Crippen LogP contribution is -2.33. The highest BCUT2D eigenvalue weighted by Gasteiger charge is 2.23. The van der Waals surface area contributed by atoms with E-state index in [0.717, 1.165) is 22.6 Å². The Hall–Kier alpha value is -3.65. The number of ether oxygens (including phenoxy) is 1. The Morgan fingerprint density at radius 2 is 1.79 bits per heavy atom. The van der Waals surface area contributed by atoms with Gasteiger partial charge in [0.05, 0.1) is 17.9 Å². The predicted molar refractivity (Wildman–Crippen MR) is 134 cm³/mol. The van der Waals surface area contributed by atoms with E-state index in [1.54, 1.807) is 12.4 Å². The zero-order chi connectivity index (χ0) is 23.9. The second-order valence-electron chi connectivity index (χ2n) is 7.71. The normalized spacial score (nSPS) is 12.7. The summed E-state index contributed by atoms with van der Waals surface area (Å²) >= 11 is 1.37. The quantitative estimate of drug-likeness (QED) is 0.341. The number of benzene rings is 2. The van der Waals surface area contributed by atoms with Crippen LogP contribution in [0.2, 0.25) is 0 Å². The Balaban J connectivity index is 1.60. The van der Waals surface area contributed by atoms with E-state index < -0.39 is 0 Å². The standard InChI is InChI=1S/C26H27N5O2S/c1-4-33-23-14-12-22(13-15-23)31-24(21-11-8-16-27-17-21)29-30-26(31)34-19(3)25(32)28-18(2)20-9-6-5-7-10-20/h5-19H,4H2,1-3H3,(H,28,32). The van der Waals surface area contributed by atoms with Crippen LogP contribution in [0.1, 0.15) is 32.4 Å². The zero-order valence-corrected chi connectivity index (χ0v) is 20.2. The molecular weight excluding hydrogens is 446 g/mol. The van der Waals surface area contributed by atoms with Crippen molar-refractivity contribution in [2.75, 3.05) is 6.61 Å². The van der Waals surface area contributed by atoms with Crippen molar-refractivity contribution in [3.05, 3.63) is 84.7 Å². The minimum absolute atomic E-state index is 0.0643. The molecular formula is C26H27N5O2S. The molecule has 2 atom stereocenters. The topological polar surface area (TPSA) is 81.9 Å². The van der Waals surface area contributed by atoms with Gasteiger partial charge in [-0.3, -0.25) is 14.3 Å². The number of carbonyl (C=O) groups excluding carboxylic acids is 1. The monoisotopic (exact) mass is 473 g/mol. The van der Waals surface area contributed by atoms with Crippen LogP contribution in [0.4, 0.5) is 0 Å². The van der Waals surface area contributed by atoms with Gasteiger partial charge >= 0.3 is 0 Å². The van der Waals surface area contributed by atoms with Gasteiger partial charge in [-0.25, -0.2) is 0 Å². The number of rotatable bonds is 9. The van der Waals surface area contributed by atoms with Gasteiger partial charge in [0.1, 0.15) is 5.75 Å². The third kappa shape index (κ3) is 5.46. The van der Waals surface area contributed by atoms with Crippen LogP contribution in [-0.4, -0.2) is 37.5 Å². The molecule has 0 aliphatic heterocycles. The molecule has 34 heavy (non-hydrogen) atoms. The van der Waals surface area contributed by atoms with Crippen molar-refractivity contribution in [1.82, 2.24) is 25.1 Å². The fraction of sp³-hybridized carbons (Fsp3) is 0.231. The molecule has 4 aromatic rings. The molecule has 0 fully saturated rings. The highest BCUT2D eigenvalue weighted by atomic mass is 32.2. The molecule has 0 spiro atoms. The molecule has 0 saturated carbocycles. The maximum absolute atomic E-state index is 13.0. The molecule has 7 nitrogen and oxygen atoms in total. The van der Waals surface area contributed by atoms with Gasteiger partial charge in [-0.1, -0.05) is 42.1 Å². The summed E-state index contributed by atoms with van der Waals surface area (Å²) in [5, 5.41) is 12.2. The molecule has 2 unspecified atom stereocenters. The number of nitrogens with one attached hydrogen (secondary N) is 1. The Labute approximate surface area is 203 Å². The van der Waals surface area contributed by atoms with E-state index in [-0.39, 0.29) is 17.2 Å². The van der Waals surface area contributed by atoms with Crippen molar-refractivity contribution < 1.29 is 9.53 Å². The van der Waals surface area contributed by atoms with Gasteiger partial charge in [-0.2, -0.15) is 0 Å². The summed E-state index contributed by atoms with van der Waals surface area (Å²) in [6, 6.07) is 21.4. The minimum Gasteiger partial charge on any atom is -0.494 e. The minimum atomic E-state index is -0.376. The van der Waals surface area contributed by atoms with E-state index >= 15 is 0 Å². The van der Waals surface area contributed by atoms with Gasteiger partial charge < -0.3 is 10.1 Å². The van der Waals surface area contributed by atoms with Gasteiger partial charge in [0.2, 0.25) is 5.91 Å². The van der Waals surface area contributed by atoms with Crippen molar-refractivity contribution >= 4 is 17.7 Å². The Kier molecular flexibility index (Phi) is 7.59. The van der Waals surface area contributed by atoms with Gasteiger partial charge in [0, 0.05) is 23.6 Å². The van der Waals surface area contributed by atoms with E-state index in [1.807, 2.05) is 92.1 Å². The molecule has 8 heteroatoms. The van der Waals surface area contributed by atoms with E-state index in [9.17, 15) is 4.79 Å². The number of thioether (sulfide) groups is 1. The Morgan fingerprint density at radius 1 is 1.03 bits per heavy atom. The zero-order valence-electron chi connectivity index (χ0n) is 19.4. The van der Waals surface area contributed by atoms with Gasteiger partial charge in [0.25, 0.3) is 0 Å². The molecule has 0 aliphatic rings. The van der Waals surface area contributed by atoms with Crippen molar-refractivity contribution in [2.24, 2.45) is 0 Å². The summed E-state index contributed by atoms with van der Waals surface area (Å²) in [6.07, 6.45) is 3.47. The molecule has 174 valence electrons. The first kappa shape index (κ1) is 23.5. The largest absolute Gasteiger partial charge is 0.494 e. The van der Waals surface area contributed by atoms with Crippen molar-refractivity contribution in [1.29, 1.82) is 0 Å². The maximum Gasteiger partial charge on any atom is 0.233 e. The number of amides is 1. The fourth-order valence-corrected chi connectivity index (χ4v) is 4.36. The number of hydrogen-bond acceptors (Lipinski definition) is 6. The molecule has 0 saturated heterocycles. The van der Waals surface area contributed by atoms with E-state index in [0.29, 0.717) is 17.6 Å². The fourth-order valence-electron chi connectivity index (χ4n) is 3.49.